The number of nitrogens with zero attached hydrogens (tertiary/aromatic N) is 2. The normalized spacial score (nSPS) is 18.6. The van der Waals surface area contributed by atoms with Crippen molar-refractivity contribution < 1.29 is 9.90 Å². The van der Waals surface area contributed by atoms with Gasteiger partial charge in [-0.15, -0.1) is 0 Å². The van der Waals surface area contributed by atoms with Crippen LogP contribution >= 0.6 is 0 Å². The van der Waals surface area contributed by atoms with Gasteiger partial charge in [-0.25, -0.2) is 0 Å². The molecule has 3 N–H and O–H groups in total. The fourth-order valence-electron chi connectivity index (χ4n) is 3.51. The van der Waals surface area contributed by atoms with Gasteiger partial charge in [0.15, 0.2) is 0 Å². The first-order valence-corrected chi connectivity index (χ1v) is 9.09. The summed E-state index contributed by atoms with van der Waals surface area (Å²) in [5, 5.41) is 9.82. The predicted octanol–water partition coefficient (Wildman–Crippen LogP) is 2.08. The molecule has 5 heteroatoms. The van der Waals surface area contributed by atoms with Gasteiger partial charge >= 0.3 is 0 Å². The average Bonchev–Trinajstić information content (AvgIpc) is 3.06. The number of aliphatic hydroxyl groups excluding tert-OH is 1. The first-order valence-electron chi connectivity index (χ1n) is 9.09. The van der Waals surface area contributed by atoms with E-state index in [2.05, 4.69) is 17.0 Å². The summed E-state index contributed by atoms with van der Waals surface area (Å²) in [7, 11) is 1.85. The van der Waals surface area contributed by atoms with Gasteiger partial charge in [0.1, 0.15) is 0 Å². The Morgan fingerprint density at radius 3 is 2.58 bits per heavy atom. The van der Waals surface area contributed by atoms with Gasteiger partial charge in [-0.05, 0) is 23.6 Å². The lowest BCUT2D eigenvalue weighted by Gasteiger charge is -2.32. The highest BCUT2D eigenvalue weighted by Crippen LogP contribution is 2.24. The van der Waals surface area contributed by atoms with Crippen LogP contribution in [0.25, 0.3) is 0 Å². The van der Waals surface area contributed by atoms with Crippen molar-refractivity contribution in [1.82, 2.24) is 9.80 Å². The van der Waals surface area contributed by atoms with Gasteiger partial charge in [0.25, 0.3) is 0 Å². The highest BCUT2D eigenvalue weighted by Gasteiger charge is 2.28. The number of likely N-dealkylation sites (N-methyl/N-ethyl adjacent to an activating group) is 1. The van der Waals surface area contributed by atoms with Crippen LogP contribution in [-0.4, -0.2) is 53.6 Å². The first kappa shape index (κ1) is 18.4. The second-order valence-electron chi connectivity index (χ2n) is 7.01. The number of carbonyl (C=O) groups excluding carboxylic acids is 1. The van der Waals surface area contributed by atoms with Crippen molar-refractivity contribution in [3.8, 4) is 0 Å². The Kier molecular flexibility index (Phi) is 5.91. The van der Waals surface area contributed by atoms with Crippen LogP contribution in [0, 0.1) is 0 Å². The number of hydrogen-bond donors (Lipinski definition) is 2. The molecule has 1 amide bonds. The molecular formula is C21H27N3O2. The summed E-state index contributed by atoms with van der Waals surface area (Å²) in [5.41, 5.74) is 8.60. The van der Waals surface area contributed by atoms with Crippen molar-refractivity contribution in [2.24, 2.45) is 0 Å². The number of anilines is 1. The summed E-state index contributed by atoms with van der Waals surface area (Å²) in [6.45, 7) is 2.24. The van der Waals surface area contributed by atoms with Gasteiger partial charge in [0.2, 0.25) is 5.91 Å². The number of hydrogen-bond acceptors (Lipinski definition) is 4. The fourth-order valence-corrected chi connectivity index (χ4v) is 3.51. The summed E-state index contributed by atoms with van der Waals surface area (Å²) >= 11 is 0. The van der Waals surface area contributed by atoms with Crippen LogP contribution in [0.5, 0.6) is 0 Å². The Balaban J connectivity index is 1.76. The highest BCUT2D eigenvalue weighted by atomic mass is 16.3. The van der Waals surface area contributed by atoms with Crippen LogP contribution in [0.2, 0.25) is 0 Å². The first-order chi connectivity index (χ1) is 12.5. The van der Waals surface area contributed by atoms with E-state index in [1.165, 1.54) is 0 Å². The van der Waals surface area contributed by atoms with E-state index in [0.29, 0.717) is 18.8 Å². The molecule has 0 saturated carbocycles. The fraction of sp³-hybridized carbons (Fsp3) is 0.381. The quantitative estimate of drug-likeness (QED) is 0.780. The Morgan fingerprint density at radius 1 is 1.23 bits per heavy atom. The zero-order valence-corrected chi connectivity index (χ0v) is 15.2. The molecule has 1 aliphatic rings. The van der Waals surface area contributed by atoms with Gasteiger partial charge in [-0.3, -0.25) is 9.69 Å². The monoisotopic (exact) mass is 353 g/mol. The van der Waals surface area contributed by atoms with Gasteiger partial charge in [-0.2, -0.15) is 0 Å². The number of amides is 1. The zero-order chi connectivity index (χ0) is 18.5. The molecule has 5 nitrogen and oxygen atoms in total. The largest absolute Gasteiger partial charge is 0.398 e. The minimum Gasteiger partial charge on any atom is -0.398 e. The third-order valence-electron chi connectivity index (χ3n) is 5.12. The minimum atomic E-state index is -0.267. The molecule has 0 spiro atoms. The van der Waals surface area contributed by atoms with E-state index in [4.69, 9.17) is 5.73 Å². The second-order valence-corrected chi connectivity index (χ2v) is 7.01. The second kappa shape index (κ2) is 8.34. The summed E-state index contributed by atoms with van der Waals surface area (Å²) in [4.78, 5) is 17.0. The SMILES string of the molecule is CN(C(=O)Cc1ccccc1N)[C@@H](CN1CCC(O)C1)c1ccccc1. The number of β-amino-alcohol motifs (C(OH)–C–C–N with tert-alkyl or cyclic N) is 1. The van der Waals surface area contributed by atoms with Crippen LogP contribution in [0.3, 0.4) is 0 Å². The van der Waals surface area contributed by atoms with Gasteiger partial charge in [0.05, 0.1) is 18.6 Å². The van der Waals surface area contributed by atoms with Crippen molar-refractivity contribution in [1.29, 1.82) is 0 Å². The topological polar surface area (TPSA) is 69.8 Å². The zero-order valence-electron chi connectivity index (χ0n) is 15.2. The van der Waals surface area contributed by atoms with Crippen LogP contribution in [0.4, 0.5) is 5.69 Å². The molecule has 0 radical (unpaired) electrons. The van der Waals surface area contributed by atoms with Crippen LogP contribution in [0.1, 0.15) is 23.6 Å². The Bertz CT molecular complexity index is 735. The van der Waals surface area contributed by atoms with Crippen LogP contribution < -0.4 is 5.73 Å². The molecule has 2 aromatic rings. The lowest BCUT2D eigenvalue weighted by atomic mass is 10.0. The number of nitrogens with two attached hydrogens (primary N) is 1. The number of rotatable bonds is 6. The maximum Gasteiger partial charge on any atom is 0.227 e. The van der Waals surface area contributed by atoms with E-state index in [1.54, 1.807) is 0 Å². The van der Waals surface area contributed by atoms with Gasteiger partial charge < -0.3 is 15.7 Å². The molecule has 0 aromatic heterocycles. The molecule has 1 heterocycles. The third-order valence-corrected chi connectivity index (χ3v) is 5.12. The van der Waals surface area contributed by atoms with Gasteiger partial charge in [-0.1, -0.05) is 48.5 Å². The summed E-state index contributed by atoms with van der Waals surface area (Å²) in [6, 6.07) is 17.5. The van der Waals surface area contributed by atoms with E-state index in [1.807, 2.05) is 54.4 Å². The van der Waals surface area contributed by atoms with E-state index >= 15 is 0 Å². The molecule has 1 unspecified atom stereocenters. The van der Waals surface area contributed by atoms with E-state index in [9.17, 15) is 9.90 Å². The lowest BCUT2D eigenvalue weighted by Crippen LogP contribution is -2.39. The van der Waals surface area contributed by atoms with E-state index in [-0.39, 0.29) is 24.5 Å². The summed E-state index contributed by atoms with van der Waals surface area (Å²) in [6.07, 6.45) is 0.811. The smallest absolute Gasteiger partial charge is 0.227 e. The summed E-state index contributed by atoms with van der Waals surface area (Å²) < 4.78 is 0. The Morgan fingerprint density at radius 2 is 1.92 bits per heavy atom. The van der Waals surface area contributed by atoms with Crippen molar-refractivity contribution in [3.63, 3.8) is 0 Å². The molecule has 1 fully saturated rings. The predicted molar refractivity (Wildman–Crippen MR) is 104 cm³/mol. The van der Waals surface area contributed by atoms with Crippen molar-refractivity contribution in [2.75, 3.05) is 32.4 Å². The number of benzene rings is 2. The maximum atomic E-state index is 12.9. The maximum absolute atomic E-state index is 12.9. The molecule has 1 aliphatic heterocycles. The van der Waals surface area contributed by atoms with Crippen LogP contribution in [0.15, 0.2) is 54.6 Å². The molecule has 1 saturated heterocycles. The molecule has 138 valence electrons. The summed E-state index contributed by atoms with van der Waals surface area (Å²) in [5.74, 6) is 0.0384. The average molecular weight is 353 g/mol. The molecule has 3 rings (SSSR count). The minimum absolute atomic E-state index is 0.0384. The molecule has 2 aromatic carbocycles. The number of nitrogen functional groups attached to an aromatic ring is 1. The Hall–Kier alpha value is -2.37. The number of aliphatic hydroxyl groups is 1. The number of carbonyl (C=O) groups is 1. The lowest BCUT2D eigenvalue weighted by molar-refractivity contribution is -0.131. The molecular weight excluding hydrogens is 326 g/mol. The molecule has 2 atom stereocenters. The van der Waals surface area contributed by atoms with Gasteiger partial charge in [0, 0.05) is 32.4 Å². The highest BCUT2D eigenvalue weighted by molar-refractivity contribution is 5.80. The molecule has 0 aliphatic carbocycles. The van der Waals surface area contributed by atoms with Crippen molar-refractivity contribution in [3.05, 3.63) is 65.7 Å². The van der Waals surface area contributed by atoms with E-state index < -0.39 is 0 Å². The molecule has 26 heavy (non-hydrogen) atoms. The van der Waals surface area contributed by atoms with Crippen molar-refractivity contribution in [2.45, 2.75) is 25.0 Å². The van der Waals surface area contributed by atoms with Crippen molar-refractivity contribution >= 4 is 11.6 Å². The number of likely N-dealkylation sites (tertiary alicyclic amines) is 1. The van der Waals surface area contributed by atoms with E-state index in [0.717, 1.165) is 24.1 Å². The van der Waals surface area contributed by atoms with Crippen LogP contribution in [-0.2, 0) is 11.2 Å². The molecule has 0 bridgehead atoms. The number of para-hydroxylation sites is 1. The standard InChI is InChI=1S/C21H27N3O2/c1-23(21(26)13-17-9-5-6-10-19(17)22)20(16-7-3-2-4-8-16)15-24-12-11-18(25)14-24/h2-10,18,20,25H,11-15,22H2,1H3/t18?,20-/m0/s1. The third kappa shape index (κ3) is 4.42. The Labute approximate surface area is 155 Å².